The van der Waals surface area contributed by atoms with Gasteiger partial charge in [-0.15, -0.1) is 6.58 Å². The van der Waals surface area contributed by atoms with Gasteiger partial charge in [-0.1, -0.05) is 26.8 Å². The molecule has 0 saturated heterocycles. The van der Waals surface area contributed by atoms with E-state index in [1.165, 1.54) is 0 Å². The van der Waals surface area contributed by atoms with Crippen LogP contribution in [0.5, 0.6) is 0 Å². The predicted octanol–water partition coefficient (Wildman–Crippen LogP) is 3.07. The highest BCUT2D eigenvalue weighted by Gasteiger charge is 2.21. The second-order valence-corrected chi connectivity index (χ2v) is 5.57. The molecule has 0 aliphatic heterocycles. The molecule has 4 heteroatoms. The molecule has 1 atom stereocenters. The average Bonchev–Trinajstić information content (AvgIpc) is 2.11. The summed E-state index contributed by atoms with van der Waals surface area (Å²) < 4.78 is 22.1. The Morgan fingerprint density at radius 1 is 1.46 bits per heavy atom. The minimum absolute atomic E-state index is 0.281. The highest BCUT2D eigenvalue weighted by Crippen LogP contribution is 2.47. The lowest BCUT2D eigenvalue weighted by Crippen LogP contribution is -2.04. The minimum Gasteiger partial charge on any atom is -0.308 e. The zero-order valence-corrected chi connectivity index (χ0v) is 9.55. The number of hydrogen-bond donors (Lipinski definition) is 0. The lowest BCUT2D eigenvalue weighted by molar-refractivity contribution is 0.199. The van der Waals surface area contributed by atoms with E-state index in [9.17, 15) is 4.57 Å². The molecule has 0 heterocycles. The summed E-state index contributed by atoms with van der Waals surface area (Å²) in [7, 11) is -2.84. The predicted molar refractivity (Wildman–Crippen MR) is 55.1 cm³/mol. The van der Waals surface area contributed by atoms with Gasteiger partial charge in [0.25, 0.3) is 0 Å². The van der Waals surface area contributed by atoms with E-state index < -0.39 is 7.60 Å². The van der Waals surface area contributed by atoms with Crippen LogP contribution in [0.25, 0.3) is 0 Å². The molecular formula is C9H19O3P. The Labute approximate surface area is 80.7 Å². The van der Waals surface area contributed by atoms with Crippen molar-refractivity contribution < 1.29 is 13.6 Å². The summed E-state index contributed by atoms with van der Waals surface area (Å²) in [5.41, 5.74) is 0. The minimum atomic E-state index is -2.84. The smallest absolute Gasteiger partial charge is 0.308 e. The summed E-state index contributed by atoms with van der Waals surface area (Å²) in [5.74, 6) is 0.368. The molecule has 0 aromatic carbocycles. The molecule has 0 radical (unpaired) electrons. The van der Waals surface area contributed by atoms with Crippen molar-refractivity contribution in [3.63, 3.8) is 0 Å². The van der Waals surface area contributed by atoms with Crippen LogP contribution in [0, 0.1) is 5.92 Å². The topological polar surface area (TPSA) is 35.5 Å². The lowest BCUT2D eigenvalue weighted by Gasteiger charge is -2.17. The molecular weight excluding hydrogens is 187 g/mol. The van der Waals surface area contributed by atoms with Gasteiger partial charge in [0.1, 0.15) is 0 Å². The average molecular weight is 206 g/mol. The quantitative estimate of drug-likeness (QED) is 0.474. The first-order valence-corrected chi connectivity index (χ1v) is 6.26. The van der Waals surface area contributed by atoms with E-state index in [0.29, 0.717) is 18.7 Å². The standard InChI is InChI=1S/C9H19O3P/c1-5-7-11-13(10,6-2)12-8-9(3)4/h5,9H,1,6-8H2,2-4H3. The molecule has 1 unspecified atom stereocenters. The molecule has 0 fully saturated rings. The first-order valence-electron chi connectivity index (χ1n) is 4.53. The Hall–Kier alpha value is -0.110. The number of hydrogen-bond acceptors (Lipinski definition) is 3. The van der Waals surface area contributed by atoms with Crippen LogP contribution in [0.3, 0.4) is 0 Å². The van der Waals surface area contributed by atoms with E-state index in [1.54, 1.807) is 13.0 Å². The Kier molecular flexibility index (Phi) is 6.31. The zero-order chi connectivity index (χ0) is 10.3. The SMILES string of the molecule is C=CCOP(=O)(CC)OCC(C)C. The Morgan fingerprint density at radius 2 is 2.08 bits per heavy atom. The van der Waals surface area contributed by atoms with Gasteiger partial charge in [0, 0.05) is 6.16 Å². The Bertz CT molecular complexity index is 189. The first kappa shape index (κ1) is 12.9. The lowest BCUT2D eigenvalue weighted by atomic mass is 10.2. The molecule has 78 valence electrons. The maximum absolute atomic E-state index is 11.8. The van der Waals surface area contributed by atoms with Crippen LogP contribution in [-0.4, -0.2) is 19.4 Å². The van der Waals surface area contributed by atoms with Gasteiger partial charge in [-0.25, -0.2) is 0 Å². The van der Waals surface area contributed by atoms with Crippen LogP contribution in [-0.2, 0) is 13.6 Å². The van der Waals surface area contributed by atoms with Crippen molar-refractivity contribution in [1.29, 1.82) is 0 Å². The summed E-state index contributed by atoms with van der Waals surface area (Å²) in [4.78, 5) is 0. The molecule has 0 aromatic heterocycles. The molecule has 0 rings (SSSR count). The van der Waals surface area contributed by atoms with E-state index in [0.717, 1.165) is 0 Å². The van der Waals surface area contributed by atoms with Crippen molar-refractivity contribution >= 4 is 7.60 Å². The zero-order valence-electron chi connectivity index (χ0n) is 8.66. The monoisotopic (exact) mass is 206 g/mol. The largest absolute Gasteiger partial charge is 0.330 e. The van der Waals surface area contributed by atoms with Gasteiger partial charge >= 0.3 is 7.60 Å². The third-order valence-corrected chi connectivity index (χ3v) is 3.24. The van der Waals surface area contributed by atoms with Crippen LogP contribution in [0.2, 0.25) is 0 Å². The molecule has 3 nitrogen and oxygen atoms in total. The molecule has 0 bridgehead atoms. The highest BCUT2D eigenvalue weighted by molar-refractivity contribution is 7.53. The van der Waals surface area contributed by atoms with E-state index in [1.807, 2.05) is 13.8 Å². The second-order valence-electron chi connectivity index (χ2n) is 3.20. The van der Waals surface area contributed by atoms with Gasteiger partial charge in [0.2, 0.25) is 0 Å². The van der Waals surface area contributed by atoms with Crippen molar-refractivity contribution in [2.45, 2.75) is 20.8 Å². The fourth-order valence-corrected chi connectivity index (χ4v) is 1.95. The molecule has 0 aliphatic carbocycles. The highest BCUT2D eigenvalue weighted by atomic mass is 31.2. The van der Waals surface area contributed by atoms with Gasteiger partial charge in [-0.05, 0) is 5.92 Å². The van der Waals surface area contributed by atoms with E-state index in [2.05, 4.69) is 6.58 Å². The van der Waals surface area contributed by atoms with E-state index in [4.69, 9.17) is 9.05 Å². The summed E-state index contributed by atoms with van der Waals surface area (Å²) in [6.07, 6.45) is 1.98. The third-order valence-electron chi connectivity index (χ3n) is 1.38. The third kappa shape index (κ3) is 6.03. The Balaban J connectivity index is 3.96. The Morgan fingerprint density at radius 3 is 2.46 bits per heavy atom. The van der Waals surface area contributed by atoms with Gasteiger partial charge in [-0.3, -0.25) is 4.57 Å². The second kappa shape index (κ2) is 6.36. The summed E-state index contributed by atoms with van der Waals surface area (Å²) in [6, 6.07) is 0. The summed E-state index contributed by atoms with van der Waals surface area (Å²) in [6.45, 7) is 10.1. The maximum atomic E-state index is 11.8. The van der Waals surface area contributed by atoms with Crippen molar-refractivity contribution in [3.8, 4) is 0 Å². The molecule has 0 aromatic rings. The normalized spacial score (nSPS) is 15.7. The van der Waals surface area contributed by atoms with Crippen LogP contribution >= 0.6 is 7.60 Å². The van der Waals surface area contributed by atoms with Crippen LogP contribution in [0.15, 0.2) is 12.7 Å². The molecule has 0 spiro atoms. The molecule has 0 N–H and O–H groups in total. The van der Waals surface area contributed by atoms with E-state index in [-0.39, 0.29) is 6.61 Å². The van der Waals surface area contributed by atoms with Crippen LogP contribution < -0.4 is 0 Å². The molecule has 13 heavy (non-hydrogen) atoms. The van der Waals surface area contributed by atoms with Crippen molar-refractivity contribution in [3.05, 3.63) is 12.7 Å². The maximum Gasteiger partial charge on any atom is 0.330 e. The van der Waals surface area contributed by atoms with Gasteiger partial charge < -0.3 is 9.05 Å². The summed E-state index contributed by atoms with van der Waals surface area (Å²) in [5, 5.41) is 0. The van der Waals surface area contributed by atoms with Crippen LogP contribution in [0.1, 0.15) is 20.8 Å². The fraction of sp³-hybridized carbons (Fsp3) is 0.778. The van der Waals surface area contributed by atoms with Gasteiger partial charge in [-0.2, -0.15) is 0 Å². The van der Waals surface area contributed by atoms with Crippen molar-refractivity contribution in [2.75, 3.05) is 19.4 Å². The van der Waals surface area contributed by atoms with Crippen LogP contribution in [0.4, 0.5) is 0 Å². The van der Waals surface area contributed by atoms with Crippen molar-refractivity contribution in [1.82, 2.24) is 0 Å². The summed E-state index contributed by atoms with van der Waals surface area (Å²) >= 11 is 0. The van der Waals surface area contributed by atoms with Gasteiger partial charge in [0.05, 0.1) is 13.2 Å². The van der Waals surface area contributed by atoms with Crippen molar-refractivity contribution in [2.24, 2.45) is 5.92 Å². The first-order chi connectivity index (χ1) is 6.04. The molecule has 0 aliphatic rings. The molecule has 0 amide bonds. The van der Waals surface area contributed by atoms with Gasteiger partial charge in [0.15, 0.2) is 0 Å². The fourth-order valence-electron chi connectivity index (χ4n) is 0.649. The number of rotatable bonds is 7. The van der Waals surface area contributed by atoms with E-state index >= 15 is 0 Å². The molecule has 0 saturated carbocycles.